The molecule has 0 saturated heterocycles. The van der Waals surface area contributed by atoms with Gasteiger partial charge in [0.1, 0.15) is 5.69 Å². The molecular weight excluding hydrogens is 328 g/mol. The van der Waals surface area contributed by atoms with Crippen LogP contribution in [0.5, 0.6) is 0 Å². The number of nitrogens with two attached hydrogens (primary N) is 1. The molecule has 7 heteroatoms. The number of benzene rings is 1. The molecule has 0 aliphatic carbocycles. The van der Waals surface area contributed by atoms with Crippen LogP contribution in [0.1, 0.15) is 24.3 Å². The molecule has 130 valence electrons. The molecule has 1 aromatic carbocycles. The first-order valence-electron chi connectivity index (χ1n) is 7.45. The quantitative estimate of drug-likeness (QED) is 0.890. The fraction of sp³-hybridized carbons (Fsp3) is 0.353. The van der Waals surface area contributed by atoms with Crippen molar-refractivity contribution in [3.63, 3.8) is 0 Å². The number of halogens is 1. The highest BCUT2D eigenvalue weighted by molar-refractivity contribution is 5.92. The lowest BCUT2D eigenvalue weighted by Gasteiger charge is -2.28. The molecule has 1 amide bonds. The molecule has 1 aromatic heterocycles. The summed E-state index contributed by atoms with van der Waals surface area (Å²) in [4.78, 5) is 26.1. The molecule has 0 atom stereocenters. The number of hydrogen-bond acceptors (Lipinski definition) is 4. The minimum absolute atomic E-state index is 0. The monoisotopic (exact) mass is 350 g/mol. The minimum Gasteiger partial charge on any atom is -0.340 e. The van der Waals surface area contributed by atoms with Gasteiger partial charge in [0.2, 0.25) is 0 Å². The van der Waals surface area contributed by atoms with Crippen molar-refractivity contribution in [2.45, 2.75) is 13.8 Å². The first kappa shape index (κ1) is 19.9. The smallest absolute Gasteiger partial charge is 0.274 e. The van der Waals surface area contributed by atoms with E-state index in [1.807, 2.05) is 32.0 Å². The maximum atomic E-state index is 12.5. The van der Waals surface area contributed by atoms with Gasteiger partial charge in [0, 0.05) is 19.7 Å². The molecule has 0 bridgehead atoms. The third-order valence-corrected chi connectivity index (χ3v) is 3.58. The molecular formula is C17H23ClN4O2. The summed E-state index contributed by atoms with van der Waals surface area (Å²) in [5, 5.41) is 4.20. The Labute approximate surface area is 147 Å². The summed E-state index contributed by atoms with van der Waals surface area (Å²) < 4.78 is 1.23. The second-order valence-corrected chi connectivity index (χ2v) is 6.33. The number of carbonyl (C=O) groups is 1. The number of para-hydroxylation sites is 1. The van der Waals surface area contributed by atoms with Gasteiger partial charge < -0.3 is 10.6 Å². The number of hydrogen-bond donors (Lipinski definition) is 1. The normalized spacial score (nSPS) is 10.8. The van der Waals surface area contributed by atoms with Crippen LogP contribution in [0.15, 0.2) is 47.3 Å². The Kier molecular flexibility index (Phi) is 6.69. The molecule has 24 heavy (non-hydrogen) atoms. The summed E-state index contributed by atoms with van der Waals surface area (Å²) in [5.74, 6) is -0.240. The van der Waals surface area contributed by atoms with Gasteiger partial charge in [-0.1, -0.05) is 32.0 Å². The van der Waals surface area contributed by atoms with E-state index in [1.54, 1.807) is 24.1 Å². The van der Waals surface area contributed by atoms with Crippen molar-refractivity contribution in [1.82, 2.24) is 14.7 Å². The standard InChI is InChI=1S/C17H22N4O2.ClH/c1-17(2,11-18)12-20(3)16(23)14-9-10-15(22)21(19-14)13-7-5-4-6-8-13;/h4-10H,11-12,18H2,1-3H3;1H. The Morgan fingerprint density at radius 2 is 1.83 bits per heavy atom. The maximum Gasteiger partial charge on any atom is 0.274 e. The molecule has 0 aliphatic rings. The predicted octanol–water partition coefficient (Wildman–Crippen LogP) is 1.71. The number of rotatable bonds is 5. The van der Waals surface area contributed by atoms with Gasteiger partial charge in [-0.3, -0.25) is 9.59 Å². The zero-order valence-corrected chi connectivity index (χ0v) is 14.9. The third-order valence-electron chi connectivity index (χ3n) is 3.58. The van der Waals surface area contributed by atoms with Crippen LogP contribution in [0, 0.1) is 5.41 Å². The second kappa shape index (κ2) is 8.08. The van der Waals surface area contributed by atoms with Gasteiger partial charge >= 0.3 is 0 Å². The lowest BCUT2D eigenvalue weighted by atomic mass is 9.93. The third kappa shape index (κ3) is 4.66. The molecule has 2 aromatic rings. The first-order chi connectivity index (χ1) is 10.8. The fourth-order valence-corrected chi connectivity index (χ4v) is 2.25. The van der Waals surface area contributed by atoms with Crippen molar-refractivity contribution in [2.24, 2.45) is 11.1 Å². The molecule has 1 heterocycles. The number of nitrogens with zero attached hydrogens (tertiary/aromatic N) is 3. The number of carbonyl (C=O) groups excluding carboxylic acids is 1. The van der Waals surface area contributed by atoms with Crippen molar-refractivity contribution in [3.05, 3.63) is 58.5 Å². The molecule has 0 aliphatic heterocycles. The summed E-state index contributed by atoms with van der Waals surface area (Å²) in [6.07, 6.45) is 0. The highest BCUT2D eigenvalue weighted by Gasteiger charge is 2.23. The molecule has 0 radical (unpaired) electrons. The fourth-order valence-electron chi connectivity index (χ4n) is 2.25. The zero-order valence-electron chi connectivity index (χ0n) is 14.1. The van der Waals surface area contributed by atoms with E-state index in [0.717, 1.165) is 0 Å². The molecule has 2 N–H and O–H groups in total. The van der Waals surface area contributed by atoms with E-state index in [2.05, 4.69) is 5.10 Å². The van der Waals surface area contributed by atoms with Gasteiger partial charge in [0.25, 0.3) is 11.5 Å². The van der Waals surface area contributed by atoms with E-state index in [9.17, 15) is 9.59 Å². The van der Waals surface area contributed by atoms with Crippen molar-refractivity contribution in [3.8, 4) is 5.69 Å². The summed E-state index contributed by atoms with van der Waals surface area (Å²) >= 11 is 0. The Morgan fingerprint density at radius 1 is 1.21 bits per heavy atom. The number of aromatic nitrogens is 2. The molecule has 2 rings (SSSR count). The lowest BCUT2D eigenvalue weighted by Crippen LogP contribution is -2.40. The van der Waals surface area contributed by atoms with Crippen molar-refractivity contribution in [1.29, 1.82) is 0 Å². The van der Waals surface area contributed by atoms with E-state index in [-0.39, 0.29) is 35.0 Å². The zero-order chi connectivity index (χ0) is 17.0. The van der Waals surface area contributed by atoms with Crippen LogP contribution in [-0.4, -0.2) is 40.7 Å². The SMILES string of the molecule is CN(CC(C)(C)CN)C(=O)c1ccc(=O)n(-c2ccccc2)n1.Cl. The van der Waals surface area contributed by atoms with E-state index in [4.69, 9.17) is 5.73 Å². The Bertz CT molecular complexity index is 744. The van der Waals surface area contributed by atoms with Gasteiger partial charge in [-0.05, 0) is 30.2 Å². The van der Waals surface area contributed by atoms with Gasteiger partial charge in [-0.15, -0.1) is 12.4 Å². The molecule has 0 fully saturated rings. The van der Waals surface area contributed by atoms with Gasteiger partial charge in [-0.2, -0.15) is 9.78 Å². The highest BCUT2D eigenvalue weighted by atomic mass is 35.5. The van der Waals surface area contributed by atoms with E-state index >= 15 is 0 Å². The lowest BCUT2D eigenvalue weighted by molar-refractivity contribution is 0.0732. The summed E-state index contributed by atoms with van der Waals surface area (Å²) in [5.41, 5.74) is 6.10. The minimum atomic E-state index is -0.280. The number of amides is 1. The van der Waals surface area contributed by atoms with Crippen LogP contribution in [0.4, 0.5) is 0 Å². The summed E-state index contributed by atoms with van der Waals surface area (Å²) in [6, 6.07) is 11.8. The van der Waals surface area contributed by atoms with Crippen molar-refractivity contribution < 1.29 is 4.79 Å². The maximum absolute atomic E-state index is 12.5. The van der Waals surface area contributed by atoms with E-state index in [0.29, 0.717) is 18.8 Å². The molecule has 6 nitrogen and oxygen atoms in total. The largest absolute Gasteiger partial charge is 0.340 e. The van der Waals surface area contributed by atoms with Crippen LogP contribution in [0.25, 0.3) is 5.69 Å². The Hall–Kier alpha value is -2.18. The average molecular weight is 351 g/mol. The second-order valence-electron chi connectivity index (χ2n) is 6.33. The molecule has 0 saturated carbocycles. The van der Waals surface area contributed by atoms with Gasteiger partial charge in [-0.25, -0.2) is 0 Å². The van der Waals surface area contributed by atoms with Gasteiger partial charge in [0.15, 0.2) is 0 Å². The van der Waals surface area contributed by atoms with Gasteiger partial charge in [0.05, 0.1) is 5.69 Å². The average Bonchev–Trinajstić information content (AvgIpc) is 2.55. The predicted molar refractivity (Wildman–Crippen MR) is 96.9 cm³/mol. The van der Waals surface area contributed by atoms with Crippen LogP contribution in [0.3, 0.4) is 0 Å². The summed E-state index contributed by atoms with van der Waals surface area (Å²) in [7, 11) is 1.71. The Balaban J connectivity index is 0.00000288. The van der Waals surface area contributed by atoms with Crippen molar-refractivity contribution in [2.75, 3.05) is 20.1 Å². The van der Waals surface area contributed by atoms with Crippen molar-refractivity contribution >= 4 is 18.3 Å². The molecule has 0 unspecified atom stereocenters. The topological polar surface area (TPSA) is 81.2 Å². The van der Waals surface area contributed by atoms with Crippen LogP contribution >= 0.6 is 12.4 Å². The van der Waals surface area contributed by atoms with E-state index in [1.165, 1.54) is 16.8 Å². The molecule has 0 spiro atoms. The van der Waals surface area contributed by atoms with Crippen LogP contribution < -0.4 is 11.3 Å². The van der Waals surface area contributed by atoms with Crippen LogP contribution in [-0.2, 0) is 0 Å². The van der Waals surface area contributed by atoms with E-state index < -0.39 is 0 Å². The highest BCUT2D eigenvalue weighted by Crippen LogP contribution is 2.15. The summed E-state index contributed by atoms with van der Waals surface area (Å²) in [6.45, 7) is 4.97. The Morgan fingerprint density at radius 3 is 2.42 bits per heavy atom. The first-order valence-corrected chi connectivity index (χ1v) is 7.45. The van der Waals surface area contributed by atoms with Crippen LogP contribution in [0.2, 0.25) is 0 Å².